The summed E-state index contributed by atoms with van der Waals surface area (Å²) in [6.45, 7) is 0.802. The number of amides is 1. The Balaban J connectivity index is 2.39. The summed E-state index contributed by atoms with van der Waals surface area (Å²) in [7, 11) is -7.56. The lowest BCUT2D eigenvalue weighted by atomic mass is 10.2. The number of hydrogen-bond acceptors (Lipinski definition) is 5. The number of halogens is 1. The van der Waals surface area contributed by atoms with Crippen molar-refractivity contribution in [3.05, 3.63) is 28.8 Å². The summed E-state index contributed by atoms with van der Waals surface area (Å²) in [4.78, 5) is 11.7. The molecule has 128 valence electrons. The molecule has 1 amide bonds. The minimum absolute atomic E-state index is 0.00789. The number of carbonyl (C=O) groups is 1. The van der Waals surface area contributed by atoms with Crippen LogP contribution in [-0.4, -0.2) is 46.4 Å². The second-order valence-corrected chi connectivity index (χ2v) is 9.38. The van der Waals surface area contributed by atoms with Gasteiger partial charge in [-0.15, -0.1) is 0 Å². The Morgan fingerprint density at radius 2 is 1.74 bits per heavy atom. The van der Waals surface area contributed by atoms with Crippen LogP contribution in [-0.2, 0) is 20.0 Å². The summed E-state index contributed by atoms with van der Waals surface area (Å²) in [5.74, 6) is -0.903. The Kier molecular flexibility index (Phi) is 5.34. The molecular formula is C13H17ClN2O5S2. The molecule has 23 heavy (non-hydrogen) atoms. The Morgan fingerprint density at radius 3 is 2.30 bits per heavy atom. The second-order valence-electron chi connectivity index (χ2n) is 5.31. The number of nitrogens with zero attached hydrogens (tertiary/aromatic N) is 1. The molecule has 1 heterocycles. The molecule has 1 aromatic carbocycles. The minimum Gasteiger partial charge on any atom is -0.268 e. The molecule has 0 radical (unpaired) electrons. The van der Waals surface area contributed by atoms with Crippen molar-refractivity contribution in [2.75, 3.05) is 19.3 Å². The van der Waals surface area contributed by atoms with Gasteiger partial charge in [0.25, 0.3) is 5.91 Å². The first-order valence-corrected chi connectivity index (χ1v) is 10.6. The molecule has 1 fully saturated rings. The number of rotatable bonds is 4. The van der Waals surface area contributed by atoms with Gasteiger partial charge in [0.2, 0.25) is 20.0 Å². The van der Waals surface area contributed by atoms with E-state index in [0.717, 1.165) is 31.6 Å². The molecule has 1 saturated heterocycles. The van der Waals surface area contributed by atoms with E-state index in [2.05, 4.69) is 0 Å². The van der Waals surface area contributed by atoms with Crippen molar-refractivity contribution in [2.45, 2.75) is 24.2 Å². The number of sulfonamides is 2. The van der Waals surface area contributed by atoms with Crippen LogP contribution in [0.3, 0.4) is 0 Å². The highest BCUT2D eigenvalue weighted by atomic mass is 35.5. The molecule has 2 rings (SSSR count). The van der Waals surface area contributed by atoms with Crippen molar-refractivity contribution in [1.29, 1.82) is 0 Å². The van der Waals surface area contributed by atoms with E-state index >= 15 is 0 Å². The number of carbonyl (C=O) groups excluding carboxylic acids is 1. The third-order valence-electron chi connectivity index (χ3n) is 3.40. The van der Waals surface area contributed by atoms with Gasteiger partial charge in [-0.25, -0.2) is 21.6 Å². The standard InChI is InChI=1S/C13H17ClN2O5S2/c1-22(18,19)15-13(17)10-5-6-11(14)12(9-10)23(20,21)16-7-3-2-4-8-16/h5-6,9H,2-4,7-8H2,1H3,(H,15,17). The van der Waals surface area contributed by atoms with Crippen LogP contribution in [0.5, 0.6) is 0 Å². The third kappa shape index (κ3) is 4.43. The fourth-order valence-corrected chi connectivity index (χ4v) is 4.79. The molecule has 1 aliphatic heterocycles. The minimum atomic E-state index is -3.82. The van der Waals surface area contributed by atoms with Crippen LogP contribution in [0, 0.1) is 0 Å². The largest absolute Gasteiger partial charge is 0.268 e. The number of hydrogen-bond donors (Lipinski definition) is 1. The number of benzene rings is 1. The summed E-state index contributed by atoms with van der Waals surface area (Å²) in [5, 5.41) is -0.00789. The molecule has 1 aliphatic rings. The Labute approximate surface area is 140 Å². The maximum absolute atomic E-state index is 12.7. The van der Waals surface area contributed by atoms with Crippen molar-refractivity contribution in [3.63, 3.8) is 0 Å². The molecule has 0 bridgehead atoms. The van der Waals surface area contributed by atoms with Crippen LogP contribution in [0.4, 0.5) is 0 Å². The molecule has 0 saturated carbocycles. The van der Waals surface area contributed by atoms with Gasteiger partial charge < -0.3 is 0 Å². The smallest absolute Gasteiger partial charge is 0.264 e. The van der Waals surface area contributed by atoms with Crippen LogP contribution in [0.2, 0.25) is 5.02 Å². The van der Waals surface area contributed by atoms with E-state index in [9.17, 15) is 21.6 Å². The lowest BCUT2D eigenvalue weighted by molar-refractivity contribution is 0.0981. The van der Waals surface area contributed by atoms with E-state index in [-0.39, 0.29) is 15.5 Å². The normalized spacial score (nSPS) is 17.0. The number of piperidine rings is 1. The summed E-state index contributed by atoms with van der Waals surface area (Å²) >= 11 is 5.98. The second kappa shape index (κ2) is 6.76. The van der Waals surface area contributed by atoms with E-state index < -0.39 is 26.0 Å². The lowest BCUT2D eigenvalue weighted by Gasteiger charge is -2.26. The quantitative estimate of drug-likeness (QED) is 0.845. The van der Waals surface area contributed by atoms with Crippen molar-refractivity contribution in [3.8, 4) is 0 Å². The molecule has 0 unspecified atom stereocenters. The molecular weight excluding hydrogens is 364 g/mol. The molecule has 0 aliphatic carbocycles. The summed E-state index contributed by atoms with van der Waals surface area (Å²) in [6, 6.07) is 3.65. The first-order valence-electron chi connectivity index (χ1n) is 6.93. The number of nitrogens with one attached hydrogen (secondary N) is 1. The highest BCUT2D eigenvalue weighted by molar-refractivity contribution is 7.89. The van der Waals surface area contributed by atoms with Gasteiger partial charge >= 0.3 is 0 Å². The van der Waals surface area contributed by atoms with E-state index in [1.807, 2.05) is 0 Å². The zero-order valence-electron chi connectivity index (χ0n) is 12.5. The Morgan fingerprint density at radius 1 is 1.13 bits per heavy atom. The monoisotopic (exact) mass is 380 g/mol. The van der Waals surface area contributed by atoms with Gasteiger partial charge in [-0.3, -0.25) is 4.79 Å². The molecule has 0 atom stereocenters. The van der Waals surface area contributed by atoms with Crippen LogP contribution in [0.25, 0.3) is 0 Å². The van der Waals surface area contributed by atoms with E-state index in [1.165, 1.54) is 16.4 Å². The van der Waals surface area contributed by atoms with Crippen LogP contribution in [0.1, 0.15) is 29.6 Å². The molecule has 10 heteroatoms. The predicted molar refractivity (Wildman–Crippen MR) is 86.4 cm³/mol. The average molecular weight is 381 g/mol. The highest BCUT2D eigenvalue weighted by Gasteiger charge is 2.29. The predicted octanol–water partition coefficient (Wildman–Crippen LogP) is 1.20. The van der Waals surface area contributed by atoms with Gasteiger partial charge in [0, 0.05) is 18.7 Å². The van der Waals surface area contributed by atoms with Crippen molar-refractivity contribution < 1.29 is 21.6 Å². The Bertz CT molecular complexity index is 815. The van der Waals surface area contributed by atoms with Gasteiger partial charge in [-0.05, 0) is 31.0 Å². The summed E-state index contributed by atoms with van der Waals surface area (Å²) < 4.78 is 50.7. The molecule has 0 spiro atoms. The van der Waals surface area contributed by atoms with Crippen molar-refractivity contribution in [1.82, 2.24) is 9.03 Å². The van der Waals surface area contributed by atoms with Crippen molar-refractivity contribution >= 4 is 37.6 Å². The molecule has 1 aromatic rings. The average Bonchev–Trinajstić information content (AvgIpc) is 2.46. The summed E-state index contributed by atoms with van der Waals surface area (Å²) in [6.07, 6.45) is 3.35. The first-order chi connectivity index (χ1) is 10.6. The maximum atomic E-state index is 12.7. The molecule has 7 nitrogen and oxygen atoms in total. The fraction of sp³-hybridized carbons (Fsp3) is 0.462. The van der Waals surface area contributed by atoms with Gasteiger partial charge in [0.15, 0.2) is 0 Å². The van der Waals surface area contributed by atoms with Crippen LogP contribution < -0.4 is 4.72 Å². The Hall–Kier alpha value is -1.16. The van der Waals surface area contributed by atoms with Gasteiger partial charge in [-0.1, -0.05) is 18.0 Å². The van der Waals surface area contributed by atoms with E-state index in [0.29, 0.717) is 13.1 Å². The van der Waals surface area contributed by atoms with Gasteiger partial charge in [-0.2, -0.15) is 4.31 Å². The van der Waals surface area contributed by atoms with E-state index in [4.69, 9.17) is 11.6 Å². The fourth-order valence-electron chi connectivity index (χ4n) is 2.31. The zero-order chi connectivity index (χ0) is 17.3. The van der Waals surface area contributed by atoms with Gasteiger partial charge in [0.1, 0.15) is 4.90 Å². The lowest BCUT2D eigenvalue weighted by Crippen LogP contribution is -2.36. The topological polar surface area (TPSA) is 101 Å². The third-order valence-corrected chi connectivity index (χ3v) is 6.34. The summed E-state index contributed by atoms with van der Waals surface area (Å²) in [5.41, 5.74) is -0.0876. The van der Waals surface area contributed by atoms with Crippen LogP contribution in [0.15, 0.2) is 23.1 Å². The van der Waals surface area contributed by atoms with Crippen LogP contribution >= 0.6 is 11.6 Å². The van der Waals surface area contributed by atoms with Gasteiger partial charge in [0.05, 0.1) is 11.3 Å². The van der Waals surface area contributed by atoms with Crippen molar-refractivity contribution in [2.24, 2.45) is 0 Å². The SMILES string of the molecule is CS(=O)(=O)NC(=O)c1ccc(Cl)c(S(=O)(=O)N2CCCCC2)c1. The highest BCUT2D eigenvalue weighted by Crippen LogP contribution is 2.27. The first kappa shape index (κ1) is 18.2. The maximum Gasteiger partial charge on any atom is 0.264 e. The zero-order valence-corrected chi connectivity index (χ0v) is 14.8. The van der Waals surface area contributed by atoms with E-state index in [1.54, 1.807) is 4.72 Å². The molecule has 0 aromatic heterocycles. The molecule has 1 N–H and O–H groups in total.